The number of ether oxygens (including phenoxy) is 13. The minimum absolute atomic E-state index is 0.00266. The molecule has 0 bridgehead atoms. The largest absolute Gasteiger partial charge is 0.509 e. The van der Waals surface area contributed by atoms with Crippen molar-refractivity contribution < 1.29 is 143 Å². The number of rotatable bonds is 44. The lowest BCUT2D eigenvalue weighted by atomic mass is 9.96. The number of hydrogen-bond acceptors (Lipinski definition) is 39. The Kier molecular flexibility index (Phi) is 37.7. The fourth-order valence-corrected chi connectivity index (χ4v) is 20.3. The zero-order valence-electron chi connectivity index (χ0n) is 78.1. The standard InChI is InChI=1S/C28H43N6O11P.C28H47N6O10P.C23H37N6O10P/c1-14(2)10-17(24(35)40-8)32-46(38,33-18(11-15(3)4)25(36)41-9)42-12-19-21-28(6,45-27(37)44-21)26(43-19)34-13-29-20-22(34)30-16(5)31-23(20)39-7;1-9-41-25(37)18(11-15(3)4)32-45(40,33-19(12-16(5)6)26(38)42-10-2)43-13-20-22(35)28(8,39)27(44-20)34-14-29-21-23(34)30-17(7)31-24(21)36;1-8-36-20(31)12(3)27-40(34,28-13(4)21(32)37-9-2)38-10-15-17(30)23(6,33)22(39-15)29-11-24-16-18(29)25-14(5)26-19(16)35-7/h13-15,17-19,21,26H,10-12H2,1-9H3,(H2,32,33,38);14-16,18-20,22,27,35,39H,9-13H2,1-8H3,(H,30,31,36)(H2,32,33,40);11-13,15,17,22,30,33H,8-10H2,1-7H3,(H2,27,28,34)/t17?,18?,19-,21?,26-,28+,46?;18-,19-,20+,22?,27+,28-;12-,13+,15-,17?,22-,23+,40?/m101/s1. The molecule has 6 unspecified atom stereocenters. The number of aliphatic hydroxyl groups excluding tert-OH is 2. The molecule has 10 heterocycles. The quantitative estimate of drug-likeness (QED) is 0.0138. The third-order valence-corrected chi connectivity index (χ3v) is 26.5. The first-order valence-corrected chi connectivity index (χ1v) is 47.6. The van der Waals surface area contributed by atoms with E-state index < -0.39 is 199 Å². The van der Waals surface area contributed by atoms with Gasteiger partial charge >= 0.3 is 65.0 Å². The summed E-state index contributed by atoms with van der Waals surface area (Å²) >= 11 is 0. The smallest absolute Gasteiger partial charge is 0.479 e. The zero-order valence-corrected chi connectivity index (χ0v) is 80.7. The van der Waals surface area contributed by atoms with Gasteiger partial charge < -0.3 is 101 Å². The van der Waals surface area contributed by atoms with Crippen LogP contribution in [0.5, 0.6) is 11.8 Å². The molecular weight excluding hydrogens is 1790 g/mol. The molecule has 6 aromatic heterocycles. The number of nitrogens with zero attached hydrogens (tertiary/aromatic N) is 11. The van der Waals surface area contributed by atoms with E-state index in [-0.39, 0.29) is 98.7 Å². The first-order chi connectivity index (χ1) is 61.4. The van der Waals surface area contributed by atoms with Crippen LogP contribution >= 0.6 is 23.0 Å². The first kappa shape index (κ1) is 108. The molecule has 4 aliphatic rings. The number of carbonyl (C=O) groups is 7. The summed E-state index contributed by atoms with van der Waals surface area (Å²) in [6.45, 7) is 32.6. The maximum absolute atomic E-state index is 14.5. The van der Waals surface area contributed by atoms with Gasteiger partial charge in [-0.1, -0.05) is 55.4 Å². The summed E-state index contributed by atoms with van der Waals surface area (Å²) in [7, 11) is -7.40. The van der Waals surface area contributed by atoms with Crippen molar-refractivity contribution in [1.29, 1.82) is 0 Å². The number of imidazole rings is 3. The van der Waals surface area contributed by atoms with E-state index in [4.69, 9.17) is 75.2 Å². The number of hydrogen-bond donors (Lipinski definition) is 11. The van der Waals surface area contributed by atoms with E-state index >= 15 is 0 Å². The number of carbonyl (C=O) groups excluding carboxylic acids is 7. The van der Waals surface area contributed by atoms with E-state index in [1.165, 1.54) is 84.3 Å². The summed E-state index contributed by atoms with van der Waals surface area (Å²) in [5, 5.41) is 60.8. The Balaban J connectivity index is 0.000000243. The van der Waals surface area contributed by atoms with Crippen LogP contribution in [-0.2, 0) is 108 Å². The minimum Gasteiger partial charge on any atom is -0.479 e. The first-order valence-electron chi connectivity index (χ1n) is 42.8. The fourth-order valence-electron chi connectivity index (χ4n) is 14.8. The van der Waals surface area contributed by atoms with Crippen molar-refractivity contribution >= 4 is 98.5 Å². The van der Waals surface area contributed by atoms with Crippen LogP contribution in [0.25, 0.3) is 33.5 Å². The fraction of sp³-hybridized carbons (Fsp3) is 0.722. The van der Waals surface area contributed by atoms with Crippen LogP contribution in [0.3, 0.4) is 0 Å². The Morgan fingerprint density at radius 3 is 1.14 bits per heavy atom. The Morgan fingerprint density at radius 1 is 0.466 bits per heavy atom. The number of aromatic nitrogens is 12. The molecule has 4 fully saturated rings. The highest BCUT2D eigenvalue weighted by Gasteiger charge is 2.65. The van der Waals surface area contributed by atoms with Crippen molar-refractivity contribution in [2.45, 2.75) is 273 Å². The van der Waals surface area contributed by atoms with Crippen molar-refractivity contribution in [3.05, 3.63) is 46.8 Å². The lowest BCUT2D eigenvalue weighted by Gasteiger charge is -2.30. The predicted octanol–water partition coefficient (Wildman–Crippen LogP) is 4.87. The monoisotopic (exact) mass is 1920 g/mol. The van der Waals surface area contributed by atoms with Crippen LogP contribution in [0.15, 0.2) is 23.8 Å². The Bertz CT molecular complexity index is 5040. The van der Waals surface area contributed by atoms with Crippen LogP contribution in [0.4, 0.5) is 4.79 Å². The molecule has 4 aliphatic heterocycles. The summed E-state index contributed by atoms with van der Waals surface area (Å²) < 4.78 is 135. The van der Waals surface area contributed by atoms with Gasteiger partial charge in [0.2, 0.25) is 11.8 Å². The molecule has 0 aliphatic carbocycles. The lowest BCUT2D eigenvalue weighted by molar-refractivity contribution is -0.146. The van der Waals surface area contributed by atoms with E-state index in [1.807, 2.05) is 55.4 Å². The average Bonchev–Trinajstić information content (AvgIpc) is 1.56. The van der Waals surface area contributed by atoms with Crippen LogP contribution in [-0.4, -0.2) is 285 Å². The molecule has 0 saturated carbocycles. The third-order valence-electron chi connectivity index (χ3n) is 20.9. The zero-order chi connectivity index (χ0) is 97.5. The highest BCUT2D eigenvalue weighted by atomic mass is 31.2. The number of nitrogens with one attached hydrogen (secondary N) is 7. The normalized spacial score (nSPS) is 24.8. The molecule has 49 nitrogen and oxygen atoms in total. The number of fused-ring (bicyclic) bond motifs is 4. The average molecular weight is 1920 g/mol. The number of H-pyrrole nitrogens is 1. The molecule has 10 rings (SSSR count). The molecule has 6 aromatic rings. The summed E-state index contributed by atoms with van der Waals surface area (Å²) in [6.07, 6.45) is -6.88. The van der Waals surface area contributed by atoms with Crippen LogP contribution in [0.2, 0.25) is 0 Å². The predicted molar refractivity (Wildman–Crippen MR) is 463 cm³/mol. The van der Waals surface area contributed by atoms with E-state index in [0.717, 1.165) is 0 Å². The van der Waals surface area contributed by atoms with E-state index in [9.17, 15) is 72.5 Å². The van der Waals surface area contributed by atoms with Crippen molar-refractivity contribution in [3.8, 4) is 11.8 Å². The Hall–Kier alpha value is -8.81. The van der Waals surface area contributed by atoms with Crippen LogP contribution < -0.4 is 45.6 Å². The molecule has 11 N–H and O–H groups in total. The van der Waals surface area contributed by atoms with Gasteiger partial charge in [0, 0.05) is 0 Å². The second kappa shape index (κ2) is 46.0. The molecule has 131 heavy (non-hydrogen) atoms. The third kappa shape index (κ3) is 26.4. The van der Waals surface area contributed by atoms with Crippen LogP contribution in [0, 0.1) is 44.4 Å². The van der Waals surface area contributed by atoms with Gasteiger partial charge in [-0.2, -0.15) is 9.97 Å². The molecule has 52 heteroatoms. The molecule has 0 spiro atoms. The SMILES string of the molecule is CCOC(=O)[C@H](C)NP(=O)(N[C@H](C)C(=O)OCC)OC[C@H]1O[C@@H](n2cnc3c(OC)nc(C)nc32)[C@@](C)(O)C1O.CCOC(=O)[C@H](CC(C)C)NP(=O)(N[C@@H](CC(C)C)C(=O)OCC)OC[C@H]1O[C@@H](n2cnc3c(=O)[nH]c(C)nc32)[C@@](C)(O)C1O.COC(=O)C(CC(C)C)NP(=O)(NC(CC(C)C)C(=O)OC)OC[C@H]1O[C@@H](n2cnc3c(OC)nc(C)nc32)[C@@]2(C)OC(=O)OC12. The summed E-state index contributed by atoms with van der Waals surface area (Å²) in [6, 6.07) is -6.42. The number of aryl methyl sites for hydroxylation is 3. The molecule has 0 aromatic carbocycles. The topological polar surface area (TPSA) is 622 Å². The van der Waals surface area contributed by atoms with Crippen molar-refractivity contribution in [2.24, 2.45) is 23.7 Å². The maximum atomic E-state index is 14.5. The van der Waals surface area contributed by atoms with Gasteiger partial charge in [0.05, 0.1) is 93.7 Å². The minimum atomic E-state index is -4.30. The van der Waals surface area contributed by atoms with Gasteiger partial charge in [-0.25, -0.2) is 65.2 Å². The van der Waals surface area contributed by atoms with Gasteiger partial charge in [-0.15, -0.1) is 0 Å². The number of methoxy groups -OCH3 is 4. The van der Waals surface area contributed by atoms with E-state index in [1.54, 1.807) is 60.0 Å². The molecule has 0 radical (unpaired) electrons. The highest BCUT2D eigenvalue weighted by molar-refractivity contribution is 7.55. The van der Waals surface area contributed by atoms with Gasteiger partial charge in [-0.3, -0.25) is 61.0 Å². The van der Waals surface area contributed by atoms with Gasteiger partial charge in [0.15, 0.2) is 63.9 Å². The lowest BCUT2D eigenvalue weighted by Crippen LogP contribution is -2.47. The second-order valence-corrected chi connectivity index (χ2v) is 39.4. The molecule has 4 saturated heterocycles. The number of esters is 6. The highest BCUT2D eigenvalue weighted by Crippen LogP contribution is 2.52. The Morgan fingerprint density at radius 2 is 0.786 bits per heavy atom. The van der Waals surface area contributed by atoms with Crippen molar-refractivity contribution in [3.63, 3.8) is 0 Å². The van der Waals surface area contributed by atoms with Crippen molar-refractivity contribution in [2.75, 3.05) is 74.7 Å². The summed E-state index contributed by atoms with van der Waals surface area (Å²) in [4.78, 5) is 137. The number of aromatic amines is 1. The van der Waals surface area contributed by atoms with E-state index in [0.29, 0.717) is 39.8 Å². The summed E-state index contributed by atoms with van der Waals surface area (Å²) in [5.41, 5.74) is -4.19. The van der Waals surface area contributed by atoms with E-state index in [2.05, 4.69) is 75.4 Å². The van der Waals surface area contributed by atoms with Gasteiger partial charge in [0.1, 0.15) is 95.4 Å². The molecular formula is C79H127N18O31P3. The van der Waals surface area contributed by atoms with Crippen LogP contribution in [0.1, 0.15) is 180 Å². The molecule has 734 valence electrons. The van der Waals surface area contributed by atoms with Gasteiger partial charge in [0.25, 0.3) is 5.56 Å². The molecule has 19 atom stereocenters. The number of aliphatic hydroxyl groups is 4. The van der Waals surface area contributed by atoms with Gasteiger partial charge in [-0.05, 0) is 132 Å². The Labute approximate surface area is 756 Å². The summed E-state index contributed by atoms with van der Waals surface area (Å²) in [5.74, 6) is -2.48. The maximum Gasteiger partial charge on any atom is 0.509 e. The second-order valence-electron chi connectivity index (χ2n) is 33.7. The molecule has 0 amide bonds. The van der Waals surface area contributed by atoms with Crippen molar-refractivity contribution in [1.82, 2.24) is 89.1 Å².